The lowest BCUT2D eigenvalue weighted by Crippen LogP contribution is -2.49. The van der Waals surface area contributed by atoms with Crippen molar-refractivity contribution in [2.24, 2.45) is 0 Å². The number of carbonyl (C=O) groups is 1. The van der Waals surface area contributed by atoms with Crippen molar-refractivity contribution >= 4 is 29.0 Å². The number of amides is 1. The summed E-state index contributed by atoms with van der Waals surface area (Å²) in [5, 5.41) is 20.0. The molecule has 1 saturated heterocycles. The molecule has 8 nitrogen and oxygen atoms in total. The average molecular weight is 372 g/mol. The molecule has 1 aliphatic rings. The molecular formula is C17H14ClN5O3. The van der Waals surface area contributed by atoms with Gasteiger partial charge in [0.25, 0.3) is 11.6 Å². The Bertz CT molecular complexity index is 904. The van der Waals surface area contributed by atoms with Gasteiger partial charge < -0.3 is 9.80 Å². The number of carbonyl (C=O) groups excluding carboxylic acids is 1. The van der Waals surface area contributed by atoms with E-state index in [4.69, 9.17) is 11.6 Å². The van der Waals surface area contributed by atoms with Crippen molar-refractivity contribution in [1.29, 1.82) is 5.26 Å². The minimum Gasteiger partial charge on any atom is -0.352 e. The monoisotopic (exact) mass is 371 g/mol. The second-order valence-electron chi connectivity index (χ2n) is 5.69. The number of nitro groups is 1. The highest BCUT2D eigenvalue weighted by atomic mass is 35.5. The molecule has 26 heavy (non-hydrogen) atoms. The van der Waals surface area contributed by atoms with Crippen LogP contribution in [-0.2, 0) is 0 Å². The predicted octanol–water partition coefficient (Wildman–Crippen LogP) is 2.48. The Labute approximate surface area is 154 Å². The smallest absolute Gasteiger partial charge is 0.270 e. The molecule has 2 heterocycles. The van der Waals surface area contributed by atoms with Crippen molar-refractivity contribution in [3.05, 3.63) is 62.8 Å². The van der Waals surface area contributed by atoms with E-state index in [0.29, 0.717) is 37.6 Å². The van der Waals surface area contributed by atoms with Crippen LogP contribution in [0, 0.1) is 21.4 Å². The van der Waals surface area contributed by atoms with Crippen molar-refractivity contribution in [2.45, 2.75) is 0 Å². The Balaban J connectivity index is 1.71. The molecule has 0 bridgehead atoms. The van der Waals surface area contributed by atoms with E-state index in [0.717, 1.165) is 0 Å². The van der Waals surface area contributed by atoms with Crippen LogP contribution in [0.1, 0.15) is 15.9 Å². The van der Waals surface area contributed by atoms with E-state index in [1.165, 1.54) is 18.2 Å². The van der Waals surface area contributed by atoms with Crippen LogP contribution in [0.4, 0.5) is 11.5 Å². The molecule has 1 fully saturated rings. The largest absolute Gasteiger partial charge is 0.352 e. The topological polar surface area (TPSA) is 103 Å². The third-order valence-corrected chi connectivity index (χ3v) is 4.48. The van der Waals surface area contributed by atoms with Crippen LogP contribution >= 0.6 is 11.6 Å². The molecule has 1 aromatic carbocycles. The number of nitro benzene ring substituents is 1. The first-order valence-corrected chi connectivity index (χ1v) is 8.22. The van der Waals surface area contributed by atoms with Gasteiger partial charge in [-0.1, -0.05) is 11.6 Å². The minimum atomic E-state index is -0.557. The Morgan fingerprint density at radius 3 is 2.62 bits per heavy atom. The van der Waals surface area contributed by atoms with Gasteiger partial charge >= 0.3 is 0 Å². The highest BCUT2D eigenvalue weighted by molar-refractivity contribution is 6.34. The fraction of sp³-hybridized carbons (Fsp3) is 0.235. The van der Waals surface area contributed by atoms with E-state index in [-0.39, 0.29) is 22.2 Å². The third-order valence-electron chi connectivity index (χ3n) is 4.17. The van der Waals surface area contributed by atoms with Crippen LogP contribution in [0.3, 0.4) is 0 Å². The number of piperazine rings is 1. The Kier molecular flexibility index (Phi) is 5.00. The number of aromatic nitrogens is 1. The number of anilines is 1. The molecule has 0 saturated carbocycles. The molecule has 3 rings (SSSR count). The minimum absolute atomic E-state index is 0.0584. The maximum Gasteiger partial charge on any atom is 0.270 e. The van der Waals surface area contributed by atoms with Crippen LogP contribution in [0.2, 0.25) is 5.02 Å². The summed E-state index contributed by atoms with van der Waals surface area (Å²) in [6.07, 6.45) is 1.63. The molecule has 0 atom stereocenters. The first-order valence-electron chi connectivity index (χ1n) is 7.84. The summed E-state index contributed by atoms with van der Waals surface area (Å²) < 4.78 is 0. The van der Waals surface area contributed by atoms with Crippen molar-refractivity contribution in [2.75, 3.05) is 31.1 Å². The van der Waals surface area contributed by atoms with Gasteiger partial charge in [-0.15, -0.1) is 0 Å². The van der Waals surface area contributed by atoms with Crippen molar-refractivity contribution in [3.63, 3.8) is 0 Å². The Hall–Kier alpha value is -3.18. The molecular weight excluding hydrogens is 358 g/mol. The standard InChI is InChI=1S/C17H14ClN5O3/c18-15-10-13(23(25)26)3-4-14(15)17(24)22-8-6-21(7-9-22)16-12(11-19)2-1-5-20-16/h1-5,10H,6-9H2. The van der Waals surface area contributed by atoms with E-state index < -0.39 is 4.92 Å². The van der Waals surface area contributed by atoms with Crippen LogP contribution in [0.15, 0.2) is 36.5 Å². The van der Waals surface area contributed by atoms with Crippen molar-refractivity contribution in [1.82, 2.24) is 9.88 Å². The fourth-order valence-electron chi connectivity index (χ4n) is 2.82. The summed E-state index contributed by atoms with van der Waals surface area (Å²) in [5.41, 5.74) is 0.572. The van der Waals surface area contributed by atoms with Crippen molar-refractivity contribution < 1.29 is 9.72 Å². The molecule has 1 aromatic heterocycles. The van der Waals surface area contributed by atoms with E-state index in [2.05, 4.69) is 11.1 Å². The van der Waals surface area contributed by atoms with Gasteiger partial charge in [0.2, 0.25) is 0 Å². The number of non-ortho nitro benzene ring substituents is 1. The lowest BCUT2D eigenvalue weighted by molar-refractivity contribution is -0.384. The quantitative estimate of drug-likeness (QED) is 0.606. The van der Waals surface area contributed by atoms with Gasteiger partial charge in [-0.2, -0.15) is 5.26 Å². The molecule has 0 unspecified atom stereocenters. The molecule has 1 amide bonds. The Morgan fingerprint density at radius 1 is 1.27 bits per heavy atom. The van der Waals surface area contributed by atoms with E-state index in [9.17, 15) is 20.2 Å². The summed E-state index contributed by atoms with van der Waals surface area (Å²) in [6, 6.07) is 9.35. The van der Waals surface area contributed by atoms with Gasteiger partial charge in [0.1, 0.15) is 11.9 Å². The third kappa shape index (κ3) is 3.43. The van der Waals surface area contributed by atoms with Gasteiger partial charge in [0, 0.05) is 44.5 Å². The fourth-order valence-corrected chi connectivity index (χ4v) is 3.07. The summed E-state index contributed by atoms with van der Waals surface area (Å²) in [4.78, 5) is 30.7. The first-order chi connectivity index (χ1) is 12.5. The average Bonchev–Trinajstić information content (AvgIpc) is 2.67. The van der Waals surface area contributed by atoms with Crippen LogP contribution in [-0.4, -0.2) is 46.9 Å². The first kappa shape index (κ1) is 17.6. The number of hydrogen-bond acceptors (Lipinski definition) is 6. The van der Waals surface area contributed by atoms with Gasteiger partial charge in [-0.25, -0.2) is 4.98 Å². The van der Waals surface area contributed by atoms with Gasteiger partial charge in [-0.05, 0) is 18.2 Å². The lowest BCUT2D eigenvalue weighted by Gasteiger charge is -2.35. The molecule has 2 aromatic rings. The SMILES string of the molecule is N#Cc1cccnc1N1CCN(C(=O)c2ccc([N+](=O)[O-])cc2Cl)CC1. The molecule has 132 valence electrons. The number of pyridine rings is 1. The summed E-state index contributed by atoms with van der Waals surface area (Å²) in [6.45, 7) is 1.94. The van der Waals surface area contributed by atoms with Gasteiger partial charge in [0.05, 0.1) is 21.1 Å². The molecule has 0 spiro atoms. The number of benzene rings is 1. The molecule has 1 aliphatic heterocycles. The zero-order valence-electron chi connectivity index (χ0n) is 13.6. The molecule has 0 N–H and O–H groups in total. The zero-order chi connectivity index (χ0) is 18.7. The number of hydrogen-bond donors (Lipinski definition) is 0. The van der Waals surface area contributed by atoms with Crippen LogP contribution in [0.5, 0.6) is 0 Å². The molecule has 9 heteroatoms. The predicted molar refractivity (Wildman–Crippen MR) is 95.2 cm³/mol. The second-order valence-corrected chi connectivity index (χ2v) is 6.09. The van der Waals surface area contributed by atoms with E-state index in [1.54, 1.807) is 23.2 Å². The molecule has 0 radical (unpaired) electrons. The lowest BCUT2D eigenvalue weighted by atomic mass is 10.1. The maximum absolute atomic E-state index is 12.7. The number of nitriles is 1. The summed E-state index contributed by atoms with van der Waals surface area (Å²) >= 11 is 6.04. The Morgan fingerprint density at radius 2 is 2.00 bits per heavy atom. The highest BCUT2D eigenvalue weighted by Crippen LogP contribution is 2.25. The van der Waals surface area contributed by atoms with Crippen LogP contribution in [0.25, 0.3) is 0 Å². The number of rotatable bonds is 3. The number of halogens is 1. The van der Waals surface area contributed by atoms with Gasteiger partial charge in [0.15, 0.2) is 0 Å². The van der Waals surface area contributed by atoms with E-state index in [1.807, 2.05) is 4.90 Å². The zero-order valence-corrected chi connectivity index (χ0v) is 14.4. The summed E-state index contributed by atoms with van der Waals surface area (Å²) in [5.74, 6) is 0.335. The maximum atomic E-state index is 12.7. The van der Waals surface area contributed by atoms with Crippen molar-refractivity contribution in [3.8, 4) is 6.07 Å². The summed E-state index contributed by atoms with van der Waals surface area (Å²) in [7, 11) is 0. The highest BCUT2D eigenvalue weighted by Gasteiger charge is 2.26. The molecule has 0 aliphatic carbocycles. The normalized spacial score (nSPS) is 14.0. The van der Waals surface area contributed by atoms with Gasteiger partial charge in [-0.3, -0.25) is 14.9 Å². The van der Waals surface area contributed by atoms with Crippen LogP contribution < -0.4 is 4.90 Å². The number of nitrogens with zero attached hydrogens (tertiary/aromatic N) is 5. The van der Waals surface area contributed by atoms with E-state index >= 15 is 0 Å². The second kappa shape index (κ2) is 7.37.